The van der Waals surface area contributed by atoms with Crippen molar-refractivity contribution in [1.82, 2.24) is 10.0 Å². The van der Waals surface area contributed by atoms with Crippen molar-refractivity contribution < 1.29 is 31.9 Å². The van der Waals surface area contributed by atoms with E-state index in [1.165, 1.54) is 38.1 Å². The molecule has 2 unspecified atom stereocenters. The summed E-state index contributed by atoms with van der Waals surface area (Å²) < 4.78 is 46.3. The first-order valence-electron chi connectivity index (χ1n) is 13.2. The Morgan fingerprint density at radius 1 is 1.05 bits per heavy atom. The van der Waals surface area contributed by atoms with Crippen molar-refractivity contribution >= 4 is 56.6 Å². The van der Waals surface area contributed by atoms with Gasteiger partial charge >= 0.3 is 0 Å². The summed E-state index contributed by atoms with van der Waals surface area (Å²) in [6.45, 7) is 4.52. The normalized spacial score (nSPS) is 21.7. The van der Waals surface area contributed by atoms with Gasteiger partial charge in [0.1, 0.15) is 17.0 Å². The number of anilines is 1. The Bertz CT molecular complexity index is 1800. The van der Waals surface area contributed by atoms with Crippen LogP contribution in [-0.2, 0) is 29.8 Å². The summed E-state index contributed by atoms with van der Waals surface area (Å²) in [6, 6.07) is 12.6. The van der Waals surface area contributed by atoms with Gasteiger partial charge in [-0.05, 0) is 79.9 Å². The zero-order chi connectivity index (χ0) is 31.5. The molecule has 3 atom stereocenters. The number of fused-ring (bicyclic) bond motifs is 2. The maximum Gasteiger partial charge on any atom is 0.277 e. The van der Waals surface area contributed by atoms with Crippen molar-refractivity contribution in [3.63, 3.8) is 0 Å². The van der Waals surface area contributed by atoms with Gasteiger partial charge in [-0.25, -0.2) is 17.5 Å². The minimum Gasteiger partial charge on any atom is -0.478 e. The lowest BCUT2D eigenvalue weighted by molar-refractivity contribution is -0.133. The first kappa shape index (κ1) is 30.8. The molecule has 0 saturated carbocycles. The van der Waals surface area contributed by atoms with Gasteiger partial charge in [0.15, 0.2) is 5.60 Å². The maximum atomic E-state index is 14.7. The summed E-state index contributed by atoms with van der Waals surface area (Å²) in [5.41, 5.74) is -0.960. The van der Waals surface area contributed by atoms with Gasteiger partial charge in [0.25, 0.3) is 5.91 Å². The van der Waals surface area contributed by atoms with Gasteiger partial charge in [0.2, 0.25) is 21.8 Å². The number of hydrogen-bond donors (Lipinski definition) is 3. The molecular formula is C30H28Cl2FN3O6S. The van der Waals surface area contributed by atoms with E-state index in [1.807, 2.05) is 4.72 Å². The number of benzene rings is 3. The molecular weight excluding hydrogens is 620 g/mol. The largest absolute Gasteiger partial charge is 0.478 e. The number of hydrogen-bond acceptors (Lipinski definition) is 6. The minimum absolute atomic E-state index is 0.0991. The fraction of sp³-hybridized carbons (Fsp3) is 0.300. The van der Waals surface area contributed by atoms with Crippen molar-refractivity contribution in [3.8, 4) is 5.75 Å². The molecule has 0 bridgehead atoms. The van der Waals surface area contributed by atoms with Gasteiger partial charge < -0.3 is 15.4 Å². The molecule has 0 aromatic heterocycles. The van der Waals surface area contributed by atoms with Crippen molar-refractivity contribution in [3.05, 3.63) is 92.7 Å². The highest BCUT2D eigenvalue weighted by Gasteiger charge is 2.62. The number of nitrogens with one attached hydrogen (secondary N) is 3. The number of carbonyl (C=O) groups is 3. The molecule has 43 heavy (non-hydrogen) atoms. The van der Waals surface area contributed by atoms with Gasteiger partial charge in [-0.3, -0.25) is 14.4 Å². The SMILES string of the molecule is Cc1ccc(F)cc1C1NC(=O)CC(c2cc(Cl)ccc2OC(C)(C)C(=O)NS(C)(=O)=O)[C@@]12C(=O)Nc1cc(Cl)ccc12. The minimum atomic E-state index is -3.90. The van der Waals surface area contributed by atoms with Crippen LogP contribution in [0.2, 0.25) is 10.0 Å². The molecule has 2 aliphatic heterocycles. The van der Waals surface area contributed by atoms with Crippen LogP contribution < -0.4 is 20.1 Å². The predicted octanol–water partition coefficient (Wildman–Crippen LogP) is 4.91. The third-order valence-corrected chi connectivity index (χ3v) is 8.87. The number of piperidine rings is 1. The second kappa shape index (κ2) is 10.8. The Kier molecular flexibility index (Phi) is 7.73. The van der Waals surface area contributed by atoms with Crippen LogP contribution in [0.15, 0.2) is 54.6 Å². The number of rotatable bonds is 6. The van der Waals surface area contributed by atoms with Gasteiger partial charge in [0, 0.05) is 33.6 Å². The molecule has 226 valence electrons. The summed E-state index contributed by atoms with van der Waals surface area (Å²) in [7, 11) is -3.90. The summed E-state index contributed by atoms with van der Waals surface area (Å²) >= 11 is 12.7. The highest BCUT2D eigenvalue weighted by atomic mass is 35.5. The molecule has 5 rings (SSSR count). The fourth-order valence-corrected chi connectivity index (χ4v) is 6.88. The highest BCUT2D eigenvalue weighted by molar-refractivity contribution is 7.89. The summed E-state index contributed by atoms with van der Waals surface area (Å²) in [6.07, 6.45) is 0.642. The lowest BCUT2D eigenvalue weighted by Gasteiger charge is -2.47. The lowest BCUT2D eigenvalue weighted by atomic mass is 9.59. The molecule has 2 aliphatic rings. The number of halogens is 3. The first-order valence-corrected chi connectivity index (χ1v) is 15.8. The summed E-state index contributed by atoms with van der Waals surface area (Å²) in [4.78, 5) is 40.6. The second-order valence-corrected chi connectivity index (χ2v) is 13.9. The van der Waals surface area contributed by atoms with Crippen LogP contribution in [0, 0.1) is 12.7 Å². The van der Waals surface area contributed by atoms with E-state index in [0.717, 1.165) is 6.26 Å². The standard InChI is InChI=1S/C30H28Cl2FN3O6S/c1-15-5-8-18(33)13-19(15)26-30(21-9-6-17(32)12-23(21)34-28(30)39)22(14-25(37)35-26)20-11-16(31)7-10-24(20)42-29(2,3)27(38)36-43(4,40)41/h5-13,22,26H,14H2,1-4H3,(H,34,39)(H,35,37)(H,36,38)/t22?,26?,30-/m1/s1. The van der Waals surface area contributed by atoms with E-state index >= 15 is 0 Å². The molecule has 1 saturated heterocycles. The Morgan fingerprint density at radius 2 is 1.72 bits per heavy atom. The zero-order valence-electron chi connectivity index (χ0n) is 23.5. The van der Waals surface area contributed by atoms with Crippen LogP contribution >= 0.6 is 23.2 Å². The highest BCUT2D eigenvalue weighted by Crippen LogP contribution is 2.59. The molecule has 1 fully saturated rings. The first-order chi connectivity index (χ1) is 20.0. The second-order valence-electron chi connectivity index (χ2n) is 11.3. The number of sulfonamides is 1. The van der Waals surface area contributed by atoms with E-state index in [2.05, 4.69) is 10.6 Å². The van der Waals surface area contributed by atoms with Crippen LogP contribution in [0.5, 0.6) is 5.75 Å². The average Bonchev–Trinajstić information content (AvgIpc) is 3.17. The Morgan fingerprint density at radius 3 is 2.42 bits per heavy atom. The van der Waals surface area contributed by atoms with E-state index in [9.17, 15) is 27.2 Å². The van der Waals surface area contributed by atoms with E-state index < -0.39 is 56.5 Å². The molecule has 9 nitrogen and oxygen atoms in total. The van der Waals surface area contributed by atoms with Crippen molar-refractivity contribution in [2.75, 3.05) is 11.6 Å². The Hall–Kier alpha value is -3.67. The van der Waals surface area contributed by atoms with Crippen molar-refractivity contribution in [2.24, 2.45) is 0 Å². The Labute approximate surface area is 258 Å². The number of aryl methyl sites for hydroxylation is 1. The van der Waals surface area contributed by atoms with E-state index in [4.69, 9.17) is 27.9 Å². The topological polar surface area (TPSA) is 131 Å². The summed E-state index contributed by atoms with van der Waals surface area (Å²) in [5.74, 6) is -3.21. The van der Waals surface area contributed by atoms with Crippen molar-refractivity contribution in [1.29, 1.82) is 0 Å². The molecule has 0 radical (unpaired) electrons. The number of ether oxygens (including phenoxy) is 1. The molecule has 3 aromatic rings. The van der Waals surface area contributed by atoms with Gasteiger partial charge in [-0.1, -0.05) is 35.3 Å². The van der Waals surface area contributed by atoms with Crippen molar-refractivity contribution in [2.45, 2.75) is 50.2 Å². The van der Waals surface area contributed by atoms with Crippen LogP contribution in [0.3, 0.4) is 0 Å². The molecule has 3 N–H and O–H groups in total. The Balaban J connectivity index is 1.76. The van der Waals surface area contributed by atoms with Gasteiger partial charge in [-0.2, -0.15) is 0 Å². The monoisotopic (exact) mass is 647 g/mol. The van der Waals surface area contributed by atoms with Crippen LogP contribution in [0.25, 0.3) is 0 Å². The third kappa shape index (κ3) is 5.57. The fourth-order valence-electron chi connectivity index (χ4n) is 5.94. The molecule has 1 spiro atoms. The third-order valence-electron chi connectivity index (χ3n) is 7.84. The van der Waals surface area contributed by atoms with Gasteiger partial charge in [-0.15, -0.1) is 0 Å². The maximum absolute atomic E-state index is 14.7. The van der Waals surface area contributed by atoms with Crippen LogP contribution in [0.4, 0.5) is 10.1 Å². The van der Waals surface area contributed by atoms with E-state index in [-0.39, 0.29) is 17.2 Å². The lowest BCUT2D eigenvalue weighted by Crippen LogP contribution is -2.57. The molecule has 2 heterocycles. The zero-order valence-corrected chi connectivity index (χ0v) is 25.9. The van der Waals surface area contributed by atoms with E-state index in [1.54, 1.807) is 37.3 Å². The molecule has 13 heteroatoms. The average molecular weight is 649 g/mol. The predicted molar refractivity (Wildman–Crippen MR) is 160 cm³/mol. The smallest absolute Gasteiger partial charge is 0.277 e. The van der Waals surface area contributed by atoms with Gasteiger partial charge in [0.05, 0.1) is 12.3 Å². The number of amides is 3. The van der Waals surface area contributed by atoms with E-state index in [0.29, 0.717) is 33.0 Å². The summed E-state index contributed by atoms with van der Waals surface area (Å²) in [5, 5.41) is 6.47. The van der Waals surface area contributed by atoms with Crippen LogP contribution in [0.1, 0.15) is 54.5 Å². The quantitative estimate of drug-likeness (QED) is 0.349. The molecule has 3 amide bonds. The molecule has 0 aliphatic carbocycles. The molecule has 3 aromatic carbocycles. The van der Waals surface area contributed by atoms with Crippen LogP contribution in [-0.4, -0.2) is 38.0 Å². The number of carbonyl (C=O) groups excluding carboxylic acids is 3.